The quantitative estimate of drug-likeness (QED) is 0.501. The standard InChI is InChI=1S/C14H16N2O2S/c1-2-10-3-5-12(6-4-10)18-9-11-7-8-19-13(11)14(17)16-15/h3-8H,2,9,15H2,1H3,(H,16,17). The number of rotatable bonds is 5. The van der Waals surface area contributed by atoms with Gasteiger partial charge in [0, 0.05) is 5.56 Å². The summed E-state index contributed by atoms with van der Waals surface area (Å²) in [5.41, 5.74) is 4.25. The molecule has 0 bridgehead atoms. The topological polar surface area (TPSA) is 64.3 Å². The summed E-state index contributed by atoms with van der Waals surface area (Å²) in [5.74, 6) is 5.65. The summed E-state index contributed by atoms with van der Waals surface area (Å²) in [6.45, 7) is 2.47. The number of hydrogen-bond acceptors (Lipinski definition) is 4. The second-order valence-corrected chi connectivity index (χ2v) is 4.95. The molecule has 0 saturated heterocycles. The van der Waals surface area contributed by atoms with Crippen LogP contribution in [0.15, 0.2) is 35.7 Å². The second kappa shape index (κ2) is 6.36. The van der Waals surface area contributed by atoms with Gasteiger partial charge < -0.3 is 4.74 Å². The highest BCUT2D eigenvalue weighted by Crippen LogP contribution is 2.20. The van der Waals surface area contributed by atoms with Crippen LogP contribution in [0.1, 0.15) is 27.7 Å². The number of aryl methyl sites for hydroxylation is 1. The molecule has 0 unspecified atom stereocenters. The molecule has 0 saturated carbocycles. The van der Waals surface area contributed by atoms with Gasteiger partial charge in [0.2, 0.25) is 0 Å². The van der Waals surface area contributed by atoms with Crippen molar-refractivity contribution in [1.82, 2.24) is 5.43 Å². The predicted octanol–water partition coefficient (Wildman–Crippen LogP) is 2.49. The largest absolute Gasteiger partial charge is 0.489 e. The summed E-state index contributed by atoms with van der Waals surface area (Å²) >= 11 is 1.35. The third-order valence-electron chi connectivity index (χ3n) is 2.81. The van der Waals surface area contributed by atoms with E-state index < -0.39 is 0 Å². The third kappa shape index (κ3) is 3.33. The van der Waals surface area contributed by atoms with Crippen molar-refractivity contribution in [3.63, 3.8) is 0 Å². The van der Waals surface area contributed by atoms with Crippen LogP contribution in [0.2, 0.25) is 0 Å². The molecule has 100 valence electrons. The molecule has 1 amide bonds. The number of nitrogen functional groups attached to an aromatic ring is 1. The minimum atomic E-state index is -0.282. The number of carbonyl (C=O) groups excluding carboxylic acids is 1. The monoisotopic (exact) mass is 276 g/mol. The Balaban J connectivity index is 2.02. The van der Waals surface area contributed by atoms with Crippen LogP contribution < -0.4 is 16.0 Å². The molecule has 0 atom stereocenters. The van der Waals surface area contributed by atoms with E-state index in [4.69, 9.17) is 10.6 Å². The number of hydrogen-bond donors (Lipinski definition) is 2. The van der Waals surface area contributed by atoms with Gasteiger partial charge in [-0.3, -0.25) is 10.2 Å². The van der Waals surface area contributed by atoms with Gasteiger partial charge in [0.1, 0.15) is 12.4 Å². The van der Waals surface area contributed by atoms with Crippen molar-refractivity contribution in [3.05, 3.63) is 51.7 Å². The lowest BCUT2D eigenvalue weighted by atomic mass is 10.2. The fourth-order valence-electron chi connectivity index (χ4n) is 1.70. The maximum absolute atomic E-state index is 11.5. The van der Waals surface area contributed by atoms with Crippen LogP contribution in [0.25, 0.3) is 0 Å². The Morgan fingerprint density at radius 3 is 2.68 bits per heavy atom. The molecule has 19 heavy (non-hydrogen) atoms. The molecule has 3 N–H and O–H groups in total. The molecule has 0 radical (unpaired) electrons. The minimum Gasteiger partial charge on any atom is -0.489 e. The number of amides is 1. The number of nitrogens with one attached hydrogen (secondary N) is 1. The van der Waals surface area contributed by atoms with Crippen LogP contribution in [-0.2, 0) is 13.0 Å². The zero-order valence-electron chi connectivity index (χ0n) is 10.7. The van der Waals surface area contributed by atoms with Gasteiger partial charge in [0.05, 0.1) is 4.88 Å². The van der Waals surface area contributed by atoms with Crippen molar-refractivity contribution in [2.24, 2.45) is 5.84 Å². The molecule has 1 aromatic heterocycles. The highest BCUT2D eigenvalue weighted by atomic mass is 32.1. The SMILES string of the molecule is CCc1ccc(OCc2ccsc2C(=O)NN)cc1. The number of nitrogens with two attached hydrogens (primary N) is 1. The van der Waals surface area contributed by atoms with Crippen molar-refractivity contribution >= 4 is 17.2 Å². The second-order valence-electron chi connectivity index (χ2n) is 4.03. The van der Waals surface area contributed by atoms with Gasteiger partial charge in [-0.1, -0.05) is 19.1 Å². The lowest BCUT2D eigenvalue weighted by Gasteiger charge is -2.07. The van der Waals surface area contributed by atoms with E-state index in [1.54, 1.807) is 0 Å². The van der Waals surface area contributed by atoms with E-state index in [0.29, 0.717) is 11.5 Å². The Hall–Kier alpha value is -1.85. The molecule has 0 aliphatic rings. The van der Waals surface area contributed by atoms with Gasteiger partial charge in [0.25, 0.3) is 5.91 Å². The van der Waals surface area contributed by atoms with E-state index in [0.717, 1.165) is 17.7 Å². The van der Waals surface area contributed by atoms with E-state index in [2.05, 4.69) is 12.3 Å². The van der Waals surface area contributed by atoms with E-state index in [1.807, 2.05) is 35.7 Å². The zero-order valence-corrected chi connectivity index (χ0v) is 11.5. The smallest absolute Gasteiger partial charge is 0.275 e. The first-order chi connectivity index (χ1) is 9.24. The first kappa shape index (κ1) is 13.6. The minimum absolute atomic E-state index is 0.282. The summed E-state index contributed by atoms with van der Waals surface area (Å²) in [7, 11) is 0. The fraction of sp³-hybridized carbons (Fsp3) is 0.214. The Bertz CT molecular complexity index is 549. The molecule has 2 aromatic rings. The third-order valence-corrected chi connectivity index (χ3v) is 3.77. The summed E-state index contributed by atoms with van der Waals surface area (Å²) in [6, 6.07) is 9.82. The summed E-state index contributed by atoms with van der Waals surface area (Å²) in [6.07, 6.45) is 1.01. The van der Waals surface area contributed by atoms with Gasteiger partial charge >= 0.3 is 0 Å². The van der Waals surface area contributed by atoms with Crippen LogP contribution in [0.5, 0.6) is 5.75 Å². The highest BCUT2D eigenvalue weighted by molar-refractivity contribution is 7.12. The van der Waals surface area contributed by atoms with Gasteiger partial charge in [-0.05, 0) is 35.6 Å². The molecule has 5 heteroatoms. The van der Waals surface area contributed by atoms with Crippen LogP contribution in [0, 0.1) is 0 Å². The summed E-state index contributed by atoms with van der Waals surface area (Å²) in [4.78, 5) is 12.1. The molecular weight excluding hydrogens is 260 g/mol. The molecule has 0 aliphatic heterocycles. The molecule has 0 fully saturated rings. The van der Waals surface area contributed by atoms with E-state index in [9.17, 15) is 4.79 Å². The normalized spacial score (nSPS) is 10.2. The number of carbonyl (C=O) groups is 1. The van der Waals surface area contributed by atoms with Crippen molar-refractivity contribution in [2.45, 2.75) is 20.0 Å². The van der Waals surface area contributed by atoms with Crippen LogP contribution in [0.4, 0.5) is 0 Å². The Morgan fingerprint density at radius 2 is 2.05 bits per heavy atom. The van der Waals surface area contributed by atoms with Gasteiger partial charge in [-0.25, -0.2) is 5.84 Å². The van der Waals surface area contributed by atoms with Gasteiger partial charge in [-0.15, -0.1) is 11.3 Å². The lowest BCUT2D eigenvalue weighted by Crippen LogP contribution is -2.30. The molecule has 1 aromatic carbocycles. The maximum atomic E-state index is 11.5. The zero-order chi connectivity index (χ0) is 13.7. The van der Waals surface area contributed by atoms with E-state index in [-0.39, 0.29) is 5.91 Å². The number of hydrazine groups is 1. The number of thiophene rings is 1. The summed E-state index contributed by atoms with van der Waals surface area (Å²) in [5, 5.41) is 1.85. The van der Waals surface area contributed by atoms with Crippen LogP contribution in [-0.4, -0.2) is 5.91 Å². The van der Waals surface area contributed by atoms with Crippen LogP contribution >= 0.6 is 11.3 Å². The first-order valence-electron chi connectivity index (χ1n) is 6.03. The molecule has 1 heterocycles. The molecule has 0 spiro atoms. The van der Waals surface area contributed by atoms with Crippen molar-refractivity contribution in [3.8, 4) is 5.75 Å². The van der Waals surface area contributed by atoms with Crippen molar-refractivity contribution in [1.29, 1.82) is 0 Å². The average molecular weight is 276 g/mol. The Kier molecular flexibility index (Phi) is 4.54. The van der Waals surface area contributed by atoms with Crippen molar-refractivity contribution in [2.75, 3.05) is 0 Å². The molecule has 2 rings (SSSR count). The van der Waals surface area contributed by atoms with Crippen molar-refractivity contribution < 1.29 is 9.53 Å². The average Bonchev–Trinajstić information content (AvgIpc) is 2.93. The Morgan fingerprint density at radius 1 is 1.32 bits per heavy atom. The number of benzene rings is 1. The van der Waals surface area contributed by atoms with E-state index in [1.165, 1.54) is 16.9 Å². The Labute approximate surface area is 116 Å². The van der Waals surface area contributed by atoms with Crippen LogP contribution in [0.3, 0.4) is 0 Å². The molecular formula is C14H16N2O2S. The van der Waals surface area contributed by atoms with E-state index >= 15 is 0 Å². The predicted molar refractivity (Wildman–Crippen MR) is 76.1 cm³/mol. The maximum Gasteiger partial charge on any atom is 0.275 e. The fourth-order valence-corrected chi connectivity index (χ4v) is 2.51. The van der Waals surface area contributed by atoms with Gasteiger partial charge in [0.15, 0.2) is 0 Å². The lowest BCUT2D eigenvalue weighted by molar-refractivity contribution is 0.0955. The number of ether oxygens (including phenoxy) is 1. The highest BCUT2D eigenvalue weighted by Gasteiger charge is 2.12. The van der Waals surface area contributed by atoms with Gasteiger partial charge in [-0.2, -0.15) is 0 Å². The first-order valence-corrected chi connectivity index (χ1v) is 6.91. The summed E-state index contributed by atoms with van der Waals surface area (Å²) < 4.78 is 5.67. The molecule has 0 aliphatic carbocycles. The molecule has 4 nitrogen and oxygen atoms in total.